The van der Waals surface area contributed by atoms with E-state index in [1.807, 2.05) is 13.8 Å². The minimum Gasteiger partial charge on any atom is -0.395 e. The third kappa shape index (κ3) is 3.77. The van der Waals surface area contributed by atoms with Crippen molar-refractivity contribution in [1.29, 1.82) is 0 Å². The molecule has 0 radical (unpaired) electrons. The van der Waals surface area contributed by atoms with Crippen molar-refractivity contribution in [2.75, 3.05) is 6.61 Å². The SMILES string of the molecule is CC[C@H](CO)NS(=O)(=O)c1ccc(C)cc1Br. The number of aliphatic hydroxyl groups excluding tert-OH is 1. The summed E-state index contributed by atoms with van der Waals surface area (Å²) in [7, 11) is -3.59. The molecule has 4 nitrogen and oxygen atoms in total. The molecule has 0 heterocycles. The van der Waals surface area contributed by atoms with Gasteiger partial charge in [0.2, 0.25) is 10.0 Å². The van der Waals surface area contributed by atoms with Crippen LogP contribution in [0.1, 0.15) is 18.9 Å². The number of nitrogens with one attached hydrogen (secondary N) is 1. The van der Waals surface area contributed by atoms with Gasteiger partial charge in [-0.1, -0.05) is 13.0 Å². The van der Waals surface area contributed by atoms with Crippen molar-refractivity contribution in [1.82, 2.24) is 4.72 Å². The van der Waals surface area contributed by atoms with E-state index in [0.717, 1.165) is 5.56 Å². The average Bonchev–Trinajstić information content (AvgIpc) is 2.25. The van der Waals surface area contributed by atoms with Gasteiger partial charge in [-0.05, 0) is 47.0 Å². The first kappa shape index (κ1) is 14.6. The van der Waals surface area contributed by atoms with Crippen LogP contribution in [0.2, 0.25) is 0 Å². The second-order valence-electron chi connectivity index (χ2n) is 3.84. The van der Waals surface area contributed by atoms with Crippen molar-refractivity contribution >= 4 is 26.0 Å². The fourth-order valence-electron chi connectivity index (χ4n) is 1.36. The minimum atomic E-state index is -3.59. The molecule has 0 saturated heterocycles. The van der Waals surface area contributed by atoms with Crippen LogP contribution < -0.4 is 4.72 Å². The smallest absolute Gasteiger partial charge is 0.242 e. The second-order valence-corrected chi connectivity index (χ2v) is 6.38. The van der Waals surface area contributed by atoms with Crippen LogP contribution >= 0.6 is 15.9 Å². The Morgan fingerprint density at radius 1 is 1.47 bits per heavy atom. The summed E-state index contributed by atoms with van der Waals surface area (Å²) in [4.78, 5) is 0.190. The van der Waals surface area contributed by atoms with E-state index in [1.165, 1.54) is 0 Å². The normalized spacial score (nSPS) is 13.6. The fourth-order valence-corrected chi connectivity index (χ4v) is 3.86. The topological polar surface area (TPSA) is 66.4 Å². The summed E-state index contributed by atoms with van der Waals surface area (Å²) in [6.07, 6.45) is 0.541. The van der Waals surface area contributed by atoms with Gasteiger partial charge in [0.1, 0.15) is 0 Å². The molecule has 1 aromatic carbocycles. The molecule has 1 rings (SSSR count). The maximum absolute atomic E-state index is 12.0. The summed E-state index contributed by atoms with van der Waals surface area (Å²) in [6, 6.07) is 4.58. The molecular formula is C11H16BrNO3S. The van der Waals surface area contributed by atoms with E-state index in [0.29, 0.717) is 10.9 Å². The molecule has 6 heteroatoms. The molecule has 0 bridgehead atoms. The summed E-state index contributed by atoms with van der Waals surface area (Å²) in [5, 5.41) is 9.01. The van der Waals surface area contributed by atoms with Gasteiger partial charge in [-0.3, -0.25) is 0 Å². The minimum absolute atomic E-state index is 0.190. The predicted molar refractivity (Wildman–Crippen MR) is 70.4 cm³/mol. The van der Waals surface area contributed by atoms with E-state index in [9.17, 15) is 8.42 Å². The summed E-state index contributed by atoms with van der Waals surface area (Å²) in [6.45, 7) is 3.49. The molecule has 0 fully saturated rings. The highest BCUT2D eigenvalue weighted by Crippen LogP contribution is 2.23. The summed E-state index contributed by atoms with van der Waals surface area (Å²) >= 11 is 3.24. The number of hydrogen-bond donors (Lipinski definition) is 2. The van der Waals surface area contributed by atoms with Crippen molar-refractivity contribution in [3.05, 3.63) is 28.2 Å². The van der Waals surface area contributed by atoms with Crippen molar-refractivity contribution in [3.8, 4) is 0 Å². The monoisotopic (exact) mass is 321 g/mol. The Morgan fingerprint density at radius 3 is 2.59 bits per heavy atom. The van der Waals surface area contributed by atoms with Gasteiger partial charge in [-0.25, -0.2) is 13.1 Å². The highest BCUT2D eigenvalue weighted by Gasteiger charge is 2.20. The first-order chi connectivity index (χ1) is 7.90. The Bertz CT molecular complexity index is 483. The number of halogens is 1. The Labute approximate surface area is 110 Å². The van der Waals surface area contributed by atoms with Gasteiger partial charge in [-0.2, -0.15) is 0 Å². The van der Waals surface area contributed by atoms with Crippen molar-refractivity contribution < 1.29 is 13.5 Å². The van der Waals surface area contributed by atoms with Crippen molar-refractivity contribution in [3.63, 3.8) is 0 Å². The van der Waals surface area contributed by atoms with E-state index >= 15 is 0 Å². The molecule has 0 spiro atoms. The molecule has 0 unspecified atom stereocenters. The quantitative estimate of drug-likeness (QED) is 0.869. The van der Waals surface area contributed by atoms with Crippen LogP contribution in [-0.2, 0) is 10.0 Å². The molecular weight excluding hydrogens is 306 g/mol. The molecule has 0 aromatic heterocycles. The molecule has 0 saturated carbocycles. The summed E-state index contributed by atoms with van der Waals surface area (Å²) < 4.78 is 27.1. The lowest BCUT2D eigenvalue weighted by Gasteiger charge is -2.15. The largest absolute Gasteiger partial charge is 0.395 e. The number of benzene rings is 1. The van der Waals surface area contributed by atoms with E-state index in [-0.39, 0.29) is 11.5 Å². The lowest BCUT2D eigenvalue weighted by Crippen LogP contribution is -2.37. The summed E-state index contributed by atoms with van der Waals surface area (Å²) in [5.74, 6) is 0. The molecule has 1 aromatic rings. The Kier molecular flexibility index (Phi) is 5.12. The molecule has 96 valence electrons. The van der Waals surface area contributed by atoms with Crippen LogP contribution in [0, 0.1) is 6.92 Å². The second kappa shape index (κ2) is 5.95. The van der Waals surface area contributed by atoms with Gasteiger partial charge < -0.3 is 5.11 Å². The molecule has 0 aliphatic heterocycles. The highest BCUT2D eigenvalue weighted by atomic mass is 79.9. The number of rotatable bonds is 5. The Balaban J connectivity index is 3.05. The van der Waals surface area contributed by atoms with E-state index in [2.05, 4.69) is 20.7 Å². The van der Waals surface area contributed by atoms with Crippen LogP contribution in [0.3, 0.4) is 0 Å². The fraction of sp³-hybridized carbons (Fsp3) is 0.455. The van der Waals surface area contributed by atoms with Crippen LogP contribution in [0.15, 0.2) is 27.6 Å². The molecule has 1 atom stereocenters. The molecule has 17 heavy (non-hydrogen) atoms. The van der Waals surface area contributed by atoms with Crippen molar-refractivity contribution in [2.45, 2.75) is 31.2 Å². The number of aryl methyl sites for hydroxylation is 1. The Morgan fingerprint density at radius 2 is 2.12 bits per heavy atom. The number of sulfonamides is 1. The van der Waals surface area contributed by atoms with E-state index in [1.54, 1.807) is 18.2 Å². The Hall–Kier alpha value is -0.430. The number of hydrogen-bond acceptors (Lipinski definition) is 3. The highest BCUT2D eigenvalue weighted by molar-refractivity contribution is 9.10. The van der Waals surface area contributed by atoms with Gasteiger partial charge in [0, 0.05) is 10.5 Å². The first-order valence-electron chi connectivity index (χ1n) is 5.30. The molecule has 0 aliphatic rings. The zero-order valence-corrected chi connectivity index (χ0v) is 12.2. The summed E-state index contributed by atoms with van der Waals surface area (Å²) in [5.41, 5.74) is 0.977. The first-order valence-corrected chi connectivity index (χ1v) is 7.57. The molecule has 0 amide bonds. The standard InChI is InChI=1S/C11H16BrNO3S/c1-3-9(7-14)13-17(15,16)11-5-4-8(2)6-10(11)12/h4-6,9,13-14H,3,7H2,1-2H3/t9-/m1/s1. The van der Waals surface area contributed by atoms with Gasteiger partial charge in [0.15, 0.2) is 0 Å². The zero-order valence-electron chi connectivity index (χ0n) is 9.77. The average molecular weight is 322 g/mol. The zero-order chi connectivity index (χ0) is 13.1. The maximum Gasteiger partial charge on any atom is 0.242 e. The van der Waals surface area contributed by atoms with Crippen molar-refractivity contribution in [2.24, 2.45) is 0 Å². The third-order valence-electron chi connectivity index (χ3n) is 2.41. The van der Waals surface area contributed by atoms with Gasteiger partial charge in [0.05, 0.1) is 11.5 Å². The van der Waals surface area contributed by atoms with Gasteiger partial charge in [0.25, 0.3) is 0 Å². The van der Waals surface area contributed by atoms with Gasteiger partial charge in [-0.15, -0.1) is 0 Å². The lowest BCUT2D eigenvalue weighted by molar-refractivity contribution is 0.254. The predicted octanol–water partition coefficient (Wildman–Crippen LogP) is 1.81. The van der Waals surface area contributed by atoms with Crippen LogP contribution in [0.5, 0.6) is 0 Å². The van der Waals surface area contributed by atoms with E-state index < -0.39 is 16.1 Å². The van der Waals surface area contributed by atoms with Crippen LogP contribution in [0.4, 0.5) is 0 Å². The van der Waals surface area contributed by atoms with Crippen LogP contribution in [0.25, 0.3) is 0 Å². The van der Waals surface area contributed by atoms with Crippen LogP contribution in [-0.4, -0.2) is 26.2 Å². The molecule has 0 aliphatic carbocycles. The number of aliphatic hydroxyl groups is 1. The third-order valence-corrected chi connectivity index (χ3v) is 4.91. The van der Waals surface area contributed by atoms with E-state index in [4.69, 9.17) is 5.11 Å². The maximum atomic E-state index is 12.0. The lowest BCUT2D eigenvalue weighted by atomic mass is 10.2. The molecule has 2 N–H and O–H groups in total. The van der Waals surface area contributed by atoms with Gasteiger partial charge >= 0.3 is 0 Å².